The van der Waals surface area contributed by atoms with E-state index in [-0.39, 0.29) is 12.0 Å². The van der Waals surface area contributed by atoms with E-state index in [0.717, 1.165) is 30.4 Å². The van der Waals surface area contributed by atoms with Crippen LogP contribution in [-0.2, 0) is 11.8 Å². The molecule has 2 heterocycles. The van der Waals surface area contributed by atoms with Gasteiger partial charge in [-0.3, -0.25) is 0 Å². The van der Waals surface area contributed by atoms with Crippen LogP contribution in [0.25, 0.3) is 10.9 Å². The highest BCUT2D eigenvalue weighted by molar-refractivity contribution is 7.80. The Morgan fingerprint density at radius 3 is 3.09 bits per heavy atom. The molecule has 22 heavy (non-hydrogen) atoms. The van der Waals surface area contributed by atoms with Crippen molar-refractivity contribution in [2.24, 2.45) is 17.3 Å². The normalized spacial score (nSPS) is 18.3. The SMILES string of the molecule is Cn1c(O)c(N=NC(=S)NC[C@H]2CCCO2)c2ccccc21. The molecule has 2 N–H and O–H groups in total. The maximum absolute atomic E-state index is 10.2. The lowest BCUT2D eigenvalue weighted by Crippen LogP contribution is -2.29. The lowest BCUT2D eigenvalue weighted by atomic mass is 10.2. The minimum atomic E-state index is 0.0758. The number of hydrogen-bond acceptors (Lipinski definition) is 4. The molecule has 116 valence electrons. The molecule has 0 spiro atoms. The zero-order valence-corrected chi connectivity index (χ0v) is 13.1. The zero-order chi connectivity index (χ0) is 15.5. The molecule has 0 radical (unpaired) electrons. The fraction of sp³-hybridized carbons (Fsp3) is 0.400. The fourth-order valence-electron chi connectivity index (χ4n) is 2.60. The number of para-hydroxylation sites is 1. The largest absolute Gasteiger partial charge is 0.493 e. The van der Waals surface area contributed by atoms with E-state index in [1.165, 1.54) is 0 Å². The van der Waals surface area contributed by atoms with Crippen LogP contribution in [0.2, 0.25) is 0 Å². The first-order valence-corrected chi connectivity index (χ1v) is 7.65. The molecule has 0 amide bonds. The van der Waals surface area contributed by atoms with Crippen LogP contribution in [0.1, 0.15) is 12.8 Å². The van der Waals surface area contributed by atoms with Gasteiger partial charge in [-0.25, -0.2) is 0 Å². The van der Waals surface area contributed by atoms with Crippen molar-refractivity contribution in [3.8, 4) is 5.88 Å². The second-order valence-electron chi connectivity index (χ2n) is 5.27. The number of rotatable bonds is 3. The van der Waals surface area contributed by atoms with Gasteiger partial charge in [-0.15, -0.1) is 10.2 Å². The van der Waals surface area contributed by atoms with Gasteiger partial charge in [0.25, 0.3) is 0 Å². The number of hydrogen-bond donors (Lipinski definition) is 2. The summed E-state index contributed by atoms with van der Waals surface area (Å²) in [5, 5.41) is 22.4. The highest BCUT2D eigenvalue weighted by Crippen LogP contribution is 2.37. The van der Waals surface area contributed by atoms with E-state index in [1.807, 2.05) is 24.3 Å². The number of azo groups is 1. The molecule has 1 atom stereocenters. The van der Waals surface area contributed by atoms with Gasteiger partial charge in [0.05, 0.1) is 11.6 Å². The number of benzene rings is 1. The van der Waals surface area contributed by atoms with Crippen molar-refractivity contribution in [2.75, 3.05) is 13.2 Å². The third-order valence-corrected chi connectivity index (χ3v) is 4.02. The molecular weight excluding hydrogens is 300 g/mol. The van der Waals surface area contributed by atoms with Crippen LogP contribution in [0.5, 0.6) is 5.88 Å². The summed E-state index contributed by atoms with van der Waals surface area (Å²) < 4.78 is 7.18. The number of nitrogens with one attached hydrogen (secondary N) is 1. The van der Waals surface area contributed by atoms with Crippen LogP contribution in [0.4, 0.5) is 5.69 Å². The molecule has 1 aliphatic rings. The van der Waals surface area contributed by atoms with Gasteiger partial charge in [0.2, 0.25) is 11.0 Å². The van der Waals surface area contributed by atoms with E-state index in [1.54, 1.807) is 11.6 Å². The Bertz CT molecular complexity index is 720. The second kappa shape index (κ2) is 6.41. The predicted octanol–water partition coefficient (Wildman–Crippen LogP) is 3.02. The van der Waals surface area contributed by atoms with E-state index in [4.69, 9.17) is 17.0 Å². The Morgan fingerprint density at radius 1 is 1.50 bits per heavy atom. The Balaban J connectivity index is 1.72. The summed E-state index contributed by atoms with van der Waals surface area (Å²) in [5.74, 6) is 0.0758. The van der Waals surface area contributed by atoms with Crippen molar-refractivity contribution >= 4 is 33.9 Å². The first kappa shape index (κ1) is 14.9. The van der Waals surface area contributed by atoms with Crippen LogP contribution in [0, 0.1) is 0 Å². The number of thiocarbonyl (C=S) groups is 1. The Labute approximate surface area is 133 Å². The Hall–Kier alpha value is -1.99. The third-order valence-electron chi connectivity index (χ3n) is 3.80. The quantitative estimate of drug-likeness (QED) is 0.674. The maximum atomic E-state index is 10.2. The van der Waals surface area contributed by atoms with Gasteiger partial charge in [-0.1, -0.05) is 18.2 Å². The Kier molecular flexibility index (Phi) is 4.35. The highest BCUT2D eigenvalue weighted by Gasteiger charge is 2.16. The molecule has 3 rings (SSSR count). The summed E-state index contributed by atoms with van der Waals surface area (Å²) in [6, 6.07) is 7.62. The number of aryl methyl sites for hydroxylation is 1. The number of nitrogens with zero attached hydrogens (tertiary/aromatic N) is 3. The molecular formula is C15H18N4O2S. The molecule has 1 aromatic heterocycles. The predicted molar refractivity (Wildman–Crippen MR) is 88.7 cm³/mol. The molecule has 0 unspecified atom stereocenters. The van der Waals surface area contributed by atoms with Gasteiger partial charge < -0.3 is 19.7 Å². The third kappa shape index (κ3) is 2.95. The standard InChI is InChI=1S/C15H18N4O2S/c1-19-12-7-3-2-6-11(12)13(14(19)20)17-18-15(22)16-9-10-5-4-8-21-10/h2-3,6-7,10,20H,4-5,8-9H2,1H3,(H,16,22)/t10-/m1/s1. The summed E-state index contributed by atoms with van der Waals surface area (Å²) in [5.41, 5.74) is 1.33. The molecule has 1 saturated heterocycles. The first-order valence-electron chi connectivity index (χ1n) is 7.24. The van der Waals surface area contributed by atoms with Gasteiger partial charge in [0.15, 0.2) is 5.69 Å². The molecule has 1 aromatic carbocycles. The lowest BCUT2D eigenvalue weighted by molar-refractivity contribution is 0.114. The summed E-state index contributed by atoms with van der Waals surface area (Å²) in [6.07, 6.45) is 2.32. The molecule has 0 aliphatic carbocycles. The number of fused-ring (bicyclic) bond motifs is 1. The van der Waals surface area contributed by atoms with E-state index >= 15 is 0 Å². The van der Waals surface area contributed by atoms with E-state index in [0.29, 0.717) is 17.3 Å². The van der Waals surface area contributed by atoms with Crippen molar-refractivity contribution < 1.29 is 9.84 Å². The van der Waals surface area contributed by atoms with Gasteiger partial charge in [-0.05, 0) is 31.1 Å². The number of aromatic hydroxyl groups is 1. The van der Waals surface area contributed by atoms with Gasteiger partial charge >= 0.3 is 0 Å². The topological polar surface area (TPSA) is 71.1 Å². The summed E-state index contributed by atoms with van der Waals surface area (Å²) in [7, 11) is 1.78. The van der Waals surface area contributed by atoms with Crippen molar-refractivity contribution in [2.45, 2.75) is 18.9 Å². The smallest absolute Gasteiger partial charge is 0.220 e. The molecule has 0 bridgehead atoms. The lowest BCUT2D eigenvalue weighted by Gasteiger charge is -2.09. The molecule has 2 aromatic rings. The molecule has 1 fully saturated rings. The van der Waals surface area contributed by atoms with Crippen LogP contribution < -0.4 is 5.32 Å². The summed E-state index contributed by atoms with van der Waals surface area (Å²) >= 11 is 5.15. The van der Waals surface area contributed by atoms with Crippen LogP contribution in [0.15, 0.2) is 34.5 Å². The van der Waals surface area contributed by atoms with E-state index in [2.05, 4.69) is 15.5 Å². The van der Waals surface area contributed by atoms with E-state index < -0.39 is 0 Å². The molecule has 7 heteroatoms. The maximum Gasteiger partial charge on any atom is 0.220 e. The minimum absolute atomic E-state index is 0.0758. The average molecular weight is 318 g/mol. The average Bonchev–Trinajstić information content (AvgIpc) is 3.13. The van der Waals surface area contributed by atoms with Crippen LogP contribution >= 0.6 is 12.2 Å². The van der Waals surface area contributed by atoms with Crippen LogP contribution in [-0.4, -0.2) is 34.0 Å². The fourth-order valence-corrected chi connectivity index (χ4v) is 2.72. The number of aromatic nitrogens is 1. The van der Waals surface area contributed by atoms with Crippen molar-refractivity contribution in [3.05, 3.63) is 24.3 Å². The van der Waals surface area contributed by atoms with E-state index in [9.17, 15) is 5.11 Å². The van der Waals surface area contributed by atoms with Crippen molar-refractivity contribution in [3.63, 3.8) is 0 Å². The highest BCUT2D eigenvalue weighted by atomic mass is 32.1. The molecule has 6 nitrogen and oxygen atoms in total. The van der Waals surface area contributed by atoms with Gasteiger partial charge in [-0.2, -0.15) is 0 Å². The summed E-state index contributed by atoms with van der Waals surface area (Å²) in [6.45, 7) is 1.45. The Morgan fingerprint density at radius 2 is 2.32 bits per heavy atom. The second-order valence-corrected chi connectivity index (χ2v) is 5.66. The number of ether oxygens (including phenoxy) is 1. The minimum Gasteiger partial charge on any atom is -0.493 e. The van der Waals surface area contributed by atoms with Crippen molar-refractivity contribution in [1.29, 1.82) is 0 Å². The van der Waals surface area contributed by atoms with Crippen LogP contribution in [0.3, 0.4) is 0 Å². The van der Waals surface area contributed by atoms with Crippen molar-refractivity contribution in [1.82, 2.24) is 9.88 Å². The first-order chi connectivity index (χ1) is 10.7. The summed E-state index contributed by atoms with van der Waals surface area (Å²) in [4.78, 5) is 0. The zero-order valence-electron chi connectivity index (χ0n) is 12.3. The molecule has 1 aliphatic heterocycles. The van der Waals surface area contributed by atoms with Gasteiger partial charge in [0, 0.05) is 25.6 Å². The molecule has 0 saturated carbocycles. The van der Waals surface area contributed by atoms with Gasteiger partial charge in [0.1, 0.15) is 0 Å². The monoisotopic (exact) mass is 318 g/mol.